The number of anilines is 4. The van der Waals surface area contributed by atoms with E-state index in [9.17, 15) is 100 Å². The molecule has 2 atom stereocenters. The smallest absolute Gasteiger partial charge is 0.478 e. The maximum atomic E-state index is 13.4. The van der Waals surface area contributed by atoms with Crippen molar-refractivity contribution < 1.29 is 125 Å². The summed E-state index contributed by atoms with van der Waals surface area (Å²) in [5.74, 6) is -12.4. The highest BCUT2D eigenvalue weighted by Crippen LogP contribution is 2.34. The van der Waals surface area contributed by atoms with Gasteiger partial charge >= 0.3 is 66.5 Å². The van der Waals surface area contributed by atoms with E-state index in [2.05, 4.69) is 56.8 Å². The Balaban J connectivity index is 0.000000181. The number of methoxy groups -OCH3 is 2. The Bertz CT molecular complexity index is 5770. The van der Waals surface area contributed by atoms with Gasteiger partial charge in [-0.15, -0.1) is 0 Å². The molecule has 0 unspecified atom stereocenters. The molecule has 8 amide bonds. The molecule has 10 heterocycles. The highest BCUT2D eigenvalue weighted by molar-refractivity contribution is 5.99. The number of aliphatic carboxylic acids is 1. The lowest BCUT2D eigenvalue weighted by Gasteiger charge is -2.28. The molecule has 0 spiro atoms. The number of urea groups is 4. The number of carboxylic acid groups (broad SMARTS) is 2. The molecule has 5 aliphatic heterocycles. The Hall–Kier alpha value is -15.8. The normalized spacial score (nSPS) is 13.9. The third-order valence-electron chi connectivity index (χ3n) is 19.7. The zero-order chi connectivity index (χ0) is 94.7. The van der Waals surface area contributed by atoms with E-state index in [0.29, 0.717) is 72.3 Å². The number of nitrogens with one attached hydrogen (secondary N) is 5. The van der Waals surface area contributed by atoms with Gasteiger partial charge in [-0.2, -0.15) is 86.1 Å². The summed E-state index contributed by atoms with van der Waals surface area (Å²) in [5, 5.41) is 85.4. The second kappa shape index (κ2) is 42.3. The number of hydrogen-bond acceptors (Lipinski definition) is 22. The van der Waals surface area contributed by atoms with Crippen molar-refractivity contribution in [2.45, 2.75) is 111 Å². The van der Waals surface area contributed by atoms with E-state index < -0.39 is 120 Å². The number of aromatic carboxylic acids is 1. The van der Waals surface area contributed by atoms with Crippen LogP contribution in [0.2, 0.25) is 0 Å². The summed E-state index contributed by atoms with van der Waals surface area (Å²) >= 11 is 0. The summed E-state index contributed by atoms with van der Waals surface area (Å²) in [6, 6.07) is 19.3. The Morgan fingerprint density at radius 3 is 0.930 bits per heavy atom. The van der Waals surface area contributed by atoms with Crippen molar-refractivity contribution in [3.8, 4) is 24.3 Å². The summed E-state index contributed by atoms with van der Waals surface area (Å²) in [7, 11) is 2.66. The minimum atomic E-state index is -5.08. The number of rotatable bonds is 13. The van der Waals surface area contributed by atoms with Gasteiger partial charge in [-0.25, -0.2) is 55.9 Å². The highest BCUT2D eigenvalue weighted by atomic mass is 19.4. The number of esters is 2. The number of hydrogen-bond donors (Lipinski definition) is 7. The van der Waals surface area contributed by atoms with E-state index in [1.54, 1.807) is 39.8 Å². The molecular formula is C79H72F13N23O14. The molecule has 9 aromatic rings. The number of ketones is 2. The number of carbonyl (C=O) groups excluding carboxylic acids is 8. The number of fused-ring (bicyclic) bond motifs is 5. The van der Waals surface area contributed by atoms with Crippen LogP contribution in [-0.4, -0.2) is 204 Å². The van der Waals surface area contributed by atoms with Crippen LogP contribution in [0, 0.1) is 80.4 Å². The van der Waals surface area contributed by atoms with E-state index in [4.69, 9.17) is 40.8 Å². The van der Waals surface area contributed by atoms with Crippen LogP contribution in [0.1, 0.15) is 129 Å². The zero-order valence-corrected chi connectivity index (χ0v) is 67.7. The third kappa shape index (κ3) is 24.9. The second-order valence-electron chi connectivity index (χ2n) is 28.2. The minimum Gasteiger partial charge on any atom is -0.478 e. The molecule has 5 aromatic heterocycles. The molecule has 0 saturated heterocycles. The van der Waals surface area contributed by atoms with E-state index in [-0.39, 0.29) is 114 Å². The first-order valence-electron chi connectivity index (χ1n) is 37.9. The van der Waals surface area contributed by atoms with E-state index >= 15 is 0 Å². The first-order chi connectivity index (χ1) is 61.0. The van der Waals surface area contributed by atoms with Gasteiger partial charge in [0.2, 0.25) is 0 Å². The molecule has 0 saturated carbocycles. The van der Waals surface area contributed by atoms with Crippen LogP contribution in [0.25, 0.3) is 0 Å². The Kier molecular flexibility index (Phi) is 31.8. The second-order valence-corrected chi connectivity index (χ2v) is 28.2. The SMILES string of the molecule is COC(=O)c1cnn2c1CN(C(=O)Nc1ccc(F)c(C#N)c1)CC2.COC(=O)c1cnn2c1CNCC2.C[C@@H](CC(=O)c1cnn2c1CN(C(=O)Nc1ccc(F)c(C#N)c1)CC2)C(F)(F)F.C[C@@H](CC(=O)c1cnn2c1CN(C(=O)Nc1ccc(F)c(C#N)c1)CC2)C(F)(F)F.N#Cc1cc(NC(=O)N2CCn3ncc(C(=O)O)c3C2)ccc1F.O=C(O)C(F)(F)F. The summed E-state index contributed by atoms with van der Waals surface area (Å²) in [6.45, 7) is 7.08. The van der Waals surface area contributed by atoms with E-state index in [1.807, 2.05) is 4.68 Å². The molecule has 5 aliphatic rings. The van der Waals surface area contributed by atoms with Crippen LogP contribution >= 0.6 is 0 Å². The van der Waals surface area contributed by atoms with Gasteiger partial charge in [-0.3, -0.25) is 33.0 Å². The molecule has 0 aliphatic carbocycles. The number of carbonyl (C=O) groups is 10. The van der Waals surface area contributed by atoms with Crippen molar-refractivity contribution in [3.05, 3.63) is 206 Å². The first-order valence-corrected chi connectivity index (χ1v) is 37.9. The molecule has 0 fully saturated rings. The van der Waals surface area contributed by atoms with Crippen molar-refractivity contribution in [1.82, 2.24) is 73.8 Å². The first kappa shape index (κ1) is 97.1. The lowest BCUT2D eigenvalue weighted by Crippen LogP contribution is -2.41. The number of carboxylic acids is 2. The van der Waals surface area contributed by atoms with Crippen LogP contribution in [0.3, 0.4) is 0 Å². The number of ether oxygens (including phenoxy) is 2. The van der Waals surface area contributed by atoms with Crippen molar-refractivity contribution in [2.75, 3.05) is 68.2 Å². The Morgan fingerprint density at radius 1 is 0.411 bits per heavy atom. The predicted octanol–water partition coefficient (Wildman–Crippen LogP) is 11.2. The van der Waals surface area contributed by atoms with Crippen LogP contribution in [0.4, 0.5) is 99.0 Å². The summed E-state index contributed by atoms with van der Waals surface area (Å²) < 4.78 is 179. The van der Waals surface area contributed by atoms with Gasteiger partial charge in [0, 0.05) is 74.9 Å². The average molecular weight is 1810 g/mol. The van der Waals surface area contributed by atoms with Crippen LogP contribution < -0.4 is 26.6 Å². The number of alkyl halides is 9. The predicted molar refractivity (Wildman–Crippen MR) is 417 cm³/mol. The molecule has 678 valence electrons. The van der Waals surface area contributed by atoms with E-state index in [1.165, 1.54) is 117 Å². The fraction of sp³-hybridized carbons (Fsp3) is 0.329. The van der Waals surface area contributed by atoms with E-state index in [0.717, 1.165) is 56.9 Å². The van der Waals surface area contributed by atoms with Gasteiger partial charge in [0.1, 0.15) is 64.2 Å². The molecule has 50 heteroatoms. The molecule has 37 nitrogen and oxygen atoms in total. The molecule has 14 rings (SSSR count). The fourth-order valence-electron chi connectivity index (χ4n) is 12.6. The number of benzene rings is 4. The Morgan fingerprint density at radius 2 is 0.667 bits per heavy atom. The quantitative estimate of drug-likeness (QED) is 0.0320. The fourth-order valence-corrected chi connectivity index (χ4v) is 12.6. The van der Waals surface area contributed by atoms with Crippen molar-refractivity contribution in [1.29, 1.82) is 21.0 Å². The average Bonchev–Trinajstić information content (AvgIpc) is 1.80. The molecule has 0 radical (unpaired) electrons. The maximum Gasteiger partial charge on any atom is 0.490 e. The van der Waals surface area contributed by atoms with Gasteiger partial charge in [0.25, 0.3) is 0 Å². The summed E-state index contributed by atoms with van der Waals surface area (Å²) in [6.07, 6.45) is -8.77. The van der Waals surface area contributed by atoms with Gasteiger partial charge in [0.05, 0.1) is 178 Å². The maximum absolute atomic E-state index is 13.4. The molecule has 4 aromatic carbocycles. The van der Waals surface area contributed by atoms with Crippen LogP contribution in [0.5, 0.6) is 0 Å². The number of amides is 8. The monoisotopic (exact) mass is 1810 g/mol. The van der Waals surface area contributed by atoms with Crippen LogP contribution in [0.15, 0.2) is 104 Å². The van der Waals surface area contributed by atoms with Crippen LogP contribution in [-0.2, 0) is 79.7 Å². The third-order valence-corrected chi connectivity index (χ3v) is 19.7. The number of nitrogens with zero attached hydrogens (tertiary/aromatic N) is 18. The lowest BCUT2D eigenvalue weighted by atomic mass is 9.99. The molecule has 129 heavy (non-hydrogen) atoms. The molecule has 0 bridgehead atoms. The van der Waals surface area contributed by atoms with Crippen molar-refractivity contribution in [2.24, 2.45) is 11.8 Å². The van der Waals surface area contributed by atoms with Gasteiger partial charge in [0.15, 0.2) is 11.6 Å². The number of halogens is 13. The van der Waals surface area contributed by atoms with Gasteiger partial charge in [-0.05, 0) is 72.8 Å². The van der Waals surface area contributed by atoms with Crippen molar-refractivity contribution in [3.63, 3.8) is 0 Å². The highest BCUT2D eigenvalue weighted by Gasteiger charge is 2.41. The van der Waals surface area contributed by atoms with Gasteiger partial charge < -0.3 is 65.9 Å². The topological polar surface area (TPSA) is 487 Å². The lowest BCUT2D eigenvalue weighted by molar-refractivity contribution is -0.192. The summed E-state index contributed by atoms with van der Waals surface area (Å²) in [4.78, 5) is 123. The van der Waals surface area contributed by atoms with Crippen molar-refractivity contribution >= 4 is 82.3 Å². The zero-order valence-electron chi connectivity index (χ0n) is 67.7. The standard InChI is InChI=1S/2C19H17F4N5O2.C16H14FN5O3.C15H12FN5O3.C8H11N3O2.C2HF3O2/c2*1-11(19(21,22)23)6-17(29)14-9-25-28-5-4-27(10-16(14)28)18(30)26-13-2-3-15(20)12(7-13)8-24;1-25-15(23)12-8-19-22-5-4-21(9-14(12)22)16(24)20-11-2-3-13(17)10(6-11)7-18;16-12-2-1-10(5-9(12)6-17)19-15(24)20-3-4-21-13(8-20)11(7-18-21)14(22)23;1-13-8(12)6-4-10-11-3-2-9-5-7(6)11;3-2(4,5)1(6)7/h2*2-3,7,9,11H,4-6,10H2,1H3,(H,26,30);2-3,6,8H,4-5,9H2,1H3,(H,20,24);1-2,5,7H,3-4,8H2,(H,19,24)(H,22,23);4,9H,2-3,5H2,1H3;(H,6,7)/t2*11-;;;;/m00..../s1. The minimum absolute atomic E-state index is 0.0282. The summed E-state index contributed by atoms with van der Waals surface area (Å²) in [5.41, 5.74) is 3.96. The number of aromatic nitrogens is 10. The molecule has 7 N–H and O–H groups in total. The number of Topliss-reactive ketones (excluding diaryl/α,β-unsaturated/α-hetero) is 2. The number of nitriles is 4. The molecular weight excluding hydrogens is 1740 g/mol. The Labute approximate surface area is 719 Å². The largest absolute Gasteiger partial charge is 0.490 e. The van der Waals surface area contributed by atoms with Gasteiger partial charge in [-0.1, -0.05) is 13.8 Å².